The fraction of sp³-hybridized carbons (Fsp3) is 0.208. The number of halogens is 1. The lowest BCUT2D eigenvalue weighted by Crippen LogP contribution is -2.52. The van der Waals surface area contributed by atoms with E-state index in [9.17, 15) is 14.0 Å². The van der Waals surface area contributed by atoms with Crippen LogP contribution in [0.4, 0.5) is 4.39 Å². The second kappa shape index (κ2) is 9.74. The van der Waals surface area contributed by atoms with Gasteiger partial charge in [0.2, 0.25) is 0 Å². The summed E-state index contributed by atoms with van der Waals surface area (Å²) in [7, 11) is 4.54. The molecule has 1 fully saturated rings. The number of likely N-dealkylation sites (N-methyl/N-ethyl adjacent to an activating group) is 2. The predicted molar refractivity (Wildman–Crippen MR) is 124 cm³/mol. The van der Waals surface area contributed by atoms with Gasteiger partial charge in [-0.15, -0.1) is 6.58 Å². The number of nitrogens with zero attached hydrogens (tertiary/aromatic N) is 2. The van der Waals surface area contributed by atoms with Crippen molar-refractivity contribution in [2.24, 2.45) is 0 Å². The van der Waals surface area contributed by atoms with E-state index in [0.29, 0.717) is 29.0 Å². The summed E-state index contributed by atoms with van der Waals surface area (Å²) < 4.78 is 25.0. The molecule has 32 heavy (non-hydrogen) atoms. The molecule has 0 atom stereocenters. The van der Waals surface area contributed by atoms with Crippen molar-refractivity contribution in [3.63, 3.8) is 0 Å². The minimum atomic E-state index is -0.478. The van der Waals surface area contributed by atoms with E-state index in [0.717, 1.165) is 5.56 Å². The van der Waals surface area contributed by atoms with Crippen LogP contribution >= 0.6 is 12.2 Å². The monoisotopic (exact) mass is 454 g/mol. The number of thiocarbonyl (C=S) groups is 1. The number of ether oxygens (including phenoxy) is 2. The SMILES string of the molecule is C=CCc1cc(C=C2C(=O)N(C)C(=S)N(C)C2=O)cc(OC)c1OCc1cccc(F)c1. The Labute approximate surface area is 191 Å². The van der Waals surface area contributed by atoms with Crippen LogP contribution in [0.25, 0.3) is 6.08 Å². The molecule has 1 aliphatic heterocycles. The van der Waals surface area contributed by atoms with E-state index < -0.39 is 11.8 Å². The van der Waals surface area contributed by atoms with Crippen molar-refractivity contribution in [3.8, 4) is 11.5 Å². The van der Waals surface area contributed by atoms with Gasteiger partial charge in [-0.25, -0.2) is 4.39 Å². The summed E-state index contributed by atoms with van der Waals surface area (Å²) in [5.41, 5.74) is 1.99. The van der Waals surface area contributed by atoms with Gasteiger partial charge in [0, 0.05) is 19.7 Å². The third kappa shape index (κ3) is 4.70. The number of hydrogen-bond acceptors (Lipinski definition) is 5. The minimum absolute atomic E-state index is 0.0105. The molecule has 2 amide bonds. The van der Waals surface area contributed by atoms with E-state index in [2.05, 4.69) is 6.58 Å². The Hall–Kier alpha value is -3.52. The molecule has 2 aromatic carbocycles. The van der Waals surface area contributed by atoms with E-state index in [1.807, 2.05) is 0 Å². The summed E-state index contributed by atoms with van der Waals surface area (Å²) in [4.78, 5) is 27.8. The Morgan fingerprint density at radius 3 is 2.41 bits per heavy atom. The predicted octanol–water partition coefficient (Wildman–Crippen LogP) is 3.74. The first-order valence-corrected chi connectivity index (χ1v) is 10.2. The van der Waals surface area contributed by atoms with Crippen LogP contribution in [-0.4, -0.2) is 47.9 Å². The number of carbonyl (C=O) groups excluding carboxylic acids is 2. The van der Waals surface area contributed by atoms with Crippen LogP contribution < -0.4 is 9.47 Å². The molecule has 1 saturated heterocycles. The summed E-state index contributed by atoms with van der Waals surface area (Å²) in [5, 5.41) is 0.142. The molecular weight excluding hydrogens is 431 g/mol. The summed E-state index contributed by atoms with van der Waals surface area (Å²) in [5.74, 6) is -0.402. The van der Waals surface area contributed by atoms with Crippen molar-refractivity contribution in [1.82, 2.24) is 9.80 Å². The molecule has 3 rings (SSSR count). The van der Waals surface area contributed by atoms with Crippen LogP contribution in [0.15, 0.2) is 54.6 Å². The fourth-order valence-corrected chi connectivity index (χ4v) is 3.48. The van der Waals surface area contributed by atoms with Crippen LogP contribution in [-0.2, 0) is 22.6 Å². The van der Waals surface area contributed by atoms with Crippen molar-refractivity contribution in [1.29, 1.82) is 0 Å². The molecule has 0 N–H and O–H groups in total. The van der Waals surface area contributed by atoms with Gasteiger partial charge in [-0.05, 0) is 60.1 Å². The van der Waals surface area contributed by atoms with Gasteiger partial charge in [0.15, 0.2) is 16.6 Å². The maximum atomic E-state index is 13.5. The Morgan fingerprint density at radius 2 is 1.81 bits per heavy atom. The van der Waals surface area contributed by atoms with Crippen molar-refractivity contribution in [2.45, 2.75) is 13.0 Å². The molecular formula is C24H23FN2O4S. The molecule has 6 nitrogen and oxygen atoms in total. The van der Waals surface area contributed by atoms with Crippen LogP contribution in [0.3, 0.4) is 0 Å². The zero-order chi connectivity index (χ0) is 23.4. The molecule has 0 unspecified atom stereocenters. The van der Waals surface area contributed by atoms with Gasteiger partial charge >= 0.3 is 0 Å². The standard InChI is InChI=1S/C24H23FN2O4S/c1-5-7-17-10-16(12-19-22(28)26(2)24(32)27(3)23(19)29)13-20(30-4)21(17)31-14-15-8-6-9-18(25)11-15/h5-6,8-13H,1,7,14H2,2-4H3. The second-order valence-electron chi connectivity index (χ2n) is 7.19. The van der Waals surface area contributed by atoms with Gasteiger partial charge in [0.05, 0.1) is 7.11 Å². The second-order valence-corrected chi connectivity index (χ2v) is 7.56. The molecule has 0 aliphatic carbocycles. The molecule has 0 aromatic heterocycles. The molecule has 166 valence electrons. The van der Waals surface area contributed by atoms with Crippen molar-refractivity contribution < 1.29 is 23.5 Å². The fourth-order valence-electron chi connectivity index (χ4n) is 3.31. The molecule has 1 heterocycles. The average molecular weight is 455 g/mol. The number of carbonyl (C=O) groups is 2. The number of hydrogen-bond donors (Lipinski definition) is 0. The Kier molecular flexibility index (Phi) is 7.05. The first-order chi connectivity index (χ1) is 15.3. The average Bonchev–Trinajstić information content (AvgIpc) is 2.78. The highest BCUT2D eigenvalue weighted by Crippen LogP contribution is 2.35. The van der Waals surface area contributed by atoms with Crippen LogP contribution in [0.5, 0.6) is 11.5 Å². The highest BCUT2D eigenvalue weighted by molar-refractivity contribution is 7.80. The van der Waals surface area contributed by atoms with Crippen molar-refractivity contribution >= 4 is 35.2 Å². The van der Waals surface area contributed by atoms with Crippen molar-refractivity contribution in [3.05, 3.63) is 77.1 Å². The number of benzene rings is 2. The number of rotatable bonds is 7. The van der Waals surface area contributed by atoms with Gasteiger partial charge in [-0.3, -0.25) is 19.4 Å². The third-order valence-electron chi connectivity index (χ3n) is 4.97. The summed E-state index contributed by atoms with van der Waals surface area (Å²) in [6.07, 6.45) is 3.67. The maximum Gasteiger partial charge on any atom is 0.265 e. The molecule has 0 bridgehead atoms. The highest BCUT2D eigenvalue weighted by Gasteiger charge is 2.35. The van der Waals surface area contributed by atoms with Gasteiger partial charge in [-0.2, -0.15) is 0 Å². The Balaban J connectivity index is 2.00. The van der Waals surface area contributed by atoms with Crippen LogP contribution in [0.2, 0.25) is 0 Å². The first kappa shape index (κ1) is 23.1. The molecule has 2 aromatic rings. The van der Waals surface area contributed by atoms with Gasteiger partial charge in [0.25, 0.3) is 11.8 Å². The van der Waals surface area contributed by atoms with Gasteiger partial charge in [0.1, 0.15) is 18.0 Å². The minimum Gasteiger partial charge on any atom is -0.493 e. The zero-order valence-corrected chi connectivity index (χ0v) is 18.9. The highest BCUT2D eigenvalue weighted by atomic mass is 32.1. The van der Waals surface area contributed by atoms with Crippen LogP contribution in [0.1, 0.15) is 16.7 Å². The topological polar surface area (TPSA) is 59.1 Å². The first-order valence-electron chi connectivity index (χ1n) is 9.77. The quantitative estimate of drug-likeness (QED) is 0.276. The normalized spacial score (nSPS) is 14.0. The third-order valence-corrected chi connectivity index (χ3v) is 5.51. The Morgan fingerprint density at radius 1 is 1.12 bits per heavy atom. The van der Waals surface area contributed by atoms with E-state index in [1.54, 1.807) is 30.3 Å². The van der Waals surface area contributed by atoms with E-state index in [-0.39, 0.29) is 23.1 Å². The van der Waals surface area contributed by atoms with Crippen LogP contribution in [0, 0.1) is 5.82 Å². The lowest BCUT2D eigenvalue weighted by atomic mass is 10.0. The number of methoxy groups -OCH3 is 1. The molecule has 1 aliphatic rings. The van der Waals surface area contributed by atoms with Gasteiger partial charge < -0.3 is 9.47 Å². The molecule has 8 heteroatoms. The van der Waals surface area contributed by atoms with Crippen molar-refractivity contribution in [2.75, 3.05) is 21.2 Å². The zero-order valence-electron chi connectivity index (χ0n) is 18.1. The van der Waals surface area contributed by atoms with E-state index in [1.165, 1.54) is 49.2 Å². The molecule has 0 spiro atoms. The lowest BCUT2D eigenvalue weighted by molar-refractivity contribution is -0.132. The van der Waals surface area contributed by atoms with E-state index >= 15 is 0 Å². The Bertz CT molecular complexity index is 1100. The number of allylic oxidation sites excluding steroid dienone is 1. The summed E-state index contributed by atoms with van der Waals surface area (Å²) >= 11 is 5.12. The summed E-state index contributed by atoms with van der Waals surface area (Å²) in [6.45, 7) is 3.92. The summed E-state index contributed by atoms with van der Waals surface area (Å²) in [6, 6.07) is 9.61. The lowest BCUT2D eigenvalue weighted by Gasteiger charge is -2.31. The van der Waals surface area contributed by atoms with Gasteiger partial charge in [-0.1, -0.05) is 18.2 Å². The molecule has 0 saturated carbocycles. The largest absolute Gasteiger partial charge is 0.493 e. The molecule has 0 radical (unpaired) electrons. The van der Waals surface area contributed by atoms with E-state index in [4.69, 9.17) is 21.7 Å². The number of amides is 2. The smallest absolute Gasteiger partial charge is 0.265 e. The maximum absolute atomic E-state index is 13.5.